The van der Waals surface area contributed by atoms with Crippen molar-refractivity contribution >= 4 is 0 Å². The highest BCUT2D eigenvalue weighted by Crippen LogP contribution is 2.13. The van der Waals surface area contributed by atoms with Crippen molar-refractivity contribution in [1.82, 2.24) is 5.32 Å². The third-order valence-electron chi connectivity index (χ3n) is 2.60. The van der Waals surface area contributed by atoms with Crippen molar-refractivity contribution in [3.05, 3.63) is 29.8 Å². The molecule has 0 aliphatic carbocycles. The highest BCUT2D eigenvalue weighted by atomic mass is 16.5. The molecular weight excluding hydrogens is 214 g/mol. The predicted molar refractivity (Wildman–Crippen MR) is 70.2 cm³/mol. The molecule has 96 valence electrons. The molecule has 1 atom stereocenters. The molecule has 0 saturated carbocycles. The maximum Gasteiger partial charge on any atom is 0.119 e. The molecule has 0 spiro atoms. The van der Waals surface area contributed by atoms with Crippen LogP contribution >= 0.6 is 0 Å². The monoisotopic (exact) mass is 237 g/mol. The number of ether oxygens (including phenoxy) is 1. The molecule has 2 N–H and O–H groups in total. The Bertz CT molecular complexity index is 305. The zero-order valence-corrected chi connectivity index (χ0v) is 10.9. The standard InChI is InChI=1S/C14H23NO2/c1-4-13(10-16)15-9-12-5-7-14(8-6-12)17-11(2)3/h5-8,11,13,15-16H,4,9-10H2,1-3H3/t13-/m0/s1. The van der Waals surface area contributed by atoms with E-state index in [1.165, 1.54) is 5.56 Å². The summed E-state index contributed by atoms with van der Waals surface area (Å²) in [6, 6.07) is 8.25. The molecule has 0 aliphatic heterocycles. The lowest BCUT2D eigenvalue weighted by Crippen LogP contribution is -2.31. The van der Waals surface area contributed by atoms with Gasteiger partial charge in [0.15, 0.2) is 0 Å². The van der Waals surface area contributed by atoms with Gasteiger partial charge in [0.1, 0.15) is 5.75 Å². The maximum absolute atomic E-state index is 9.06. The van der Waals surface area contributed by atoms with Gasteiger partial charge >= 0.3 is 0 Å². The van der Waals surface area contributed by atoms with Gasteiger partial charge in [-0.1, -0.05) is 19.1 Å². The van der Waals surface area contributed by atoms with Gasteiger partial charge in [-0.2, -0.15) is 0 Å². The summed E-state index contributed by atoms with van der Waals surface area (Å²) in [5.74, 6) is 0.901. The van der Waals surface area contributed by atoms with Crippen LogP contribution in [0.1, 0.15) is 32.8 Å². The van der Waals surface area contributed by atoms with Crippen LogP contribution in [0, 0.1) is 0 Å². The topological polar surface area (TPSA) is 41.5 Å². The van der Waals surface area contributed by atoms with E-state index >= 15 is 0 Å². The molecule has 1 aromatic carbocycles. The van der Waals surface area contributed by atoms with Gasteiger partial charge in [-0.3, -0.25) is 0 Å². The third-order valence-corrected chi connectivity index (χ3v) is 2.60. The Labute approximate surface area is 104 Å². The van der Waals surface area contributed by atoms with Crippen molar-refractivity contribution in [3.63, 3.8) is 0 Å². The molecule has 0 saturated heterocycles. The fourth-order valence-corrected chi connectivity index (χ4v) is 1.56. The number of aliphatic hydroxyl groups is 1. The molecule has 1 aromatic rings. The molecule has 0 fully saturated rings. The van der Waals surface area contributed by atoms with E-state index in [1.54, 1.807) is 0 Å². The van der Waals surface area contributed by atoms with Crippen LogP contribution in [0.4, 0.5) is 0 Å². The minimum atomic E-state index is 0.182. The van der Waals surface area contributed by atoms with E-state index in [1.807, 2.05) is 26.0 Å². The van der Waals surface area contributed by atoms with E-state index in [4.69, 9.17) is 9.84 Å². The summed E-state index contributed by atoms with van der Waals surface area (Å²) in [4.78, 5) is 0. The van der Waals surface area contributed by atoms with Crippen LogP contribution in [0.25, 0.3) is 0 Å². The summed E-state index contributed by atoms with van der Waals surface area (Å²) < 4.78 is 5.58. The lowest BCUT2D eigenvalue weighted by Gasteiger charge is -2.14. The molecule has 0 radical (unpaired) electrons. The molecule has 0 heterocycles. The third kappa shape index (κ3) is 5.20. The van der Waals surface area contributed by atoms with E-state index in [-0.39, 0.29) is 18.8 Å². The van der Waals surface area contributed by atoms with Gasteiger partial charge < -0.3 is 15.2 Å². The van der Waals surface area contributed by atoms with Gasteiger partial charge in [-0.05, 0) is 38.0 Å². The summed E-state index contributed by atoms with van der Waals surface area (Å²) >= 11 is 0. The van der Waals surface area contributed by atoms with Crippen LogP contribution in [0.3, 0.4) is 0 Å². The van der Waals surface area contributed by atoms with Crippen molar-refractivity contribution in [2.75, 3.05) is 6.61 Å². The summed E-state index contributed by atoms with van der Waals surface area (Å²) in [6.45, 7) is 7.06. The largest absolute Gasteiger partial charge is 0.491 e. The van der Waals surface area contributed by atoms with Gasteiger partial charge in [0.05, 0.1) is 12.7 Å². The number of hydrogen-bond acceptors (Lipinski definition) is 3. The SMILES string of the molecule is CC[C@@H](CO)NCc1ccc(OC(C)C)cc1. The Hall–Kier alpha value is -1.06. The Kier molecular flexibility index (Phi) is 6.01. The van der Waals surface area contributed by atoms with Crippen LogP contribution in [0.2, 0.25) is 0 Å². The van der Waals surface area contributed by atoms with Gasteiger partial charge in [0.2, 0.25) is 0 Å². The number of hydrogen-bond donors (Lipinski definition) is 2. The number of rotatable bonds is 7. The normalized spacial score (nSPS) is 12.8. The smallest absolute Gasteiger partial charge is 0.119 e. The molecule has 3 heteroatoms. The van der Waals surface area contributed by atoms with Crippen LogP contribution in [0.5, 0.6) is 5.75 Å². The zero-order chi connectivity index (χ0) is 12.7. The van der Waals surface area contributed by atoms with E-state index in [0.717, 1.165) is 18.7 Å². The van der Waals surface area contributed by atoms with E-state index < -0.39 is 0 Å². The van der Waals surface area contributed by atoms with Crippen molar-refractivity contribution in [3.8, 4) is 5.75 Å². The second-order valence-electron chi connectivity index (χ2n) is 4.48. The van der Waals surface area contributed by atoms with Crippen LogP contribution in [-0.4, -0.2) is 23.9 Å². The van der Waals surface area contributed by atoms with Gasteiger partial charge in [0.25, 0.3) is 0 Å². The maximum atomic E-state index is 9.06. The molecule has 3 nitrogen and oxygen atoms in total. The van der Waals surface area contributed by atoms with Crippen molar-refractivity contribution in [1.29, 1.82) is 0 Å². The summed E-state index contributed by atoms with van der Waals surface area (Å²) in [5.41, 5.74) is 1.20. The minimum absolute atomic E-state index is 0.182. The lowest BCUT2D eigenvalue weighted by atomic mass is 10.2. The highest BCUT2D eigenvalue weighted by molar-refractivity contribution is 5.27. The Morgan fingerprint density at radius 1 is 1.24 bits per heavy atom. The van der Waals surface area contributed by atoms with E-state index in [9.17, 15) is 0 Å². The van der Waals surface area contributed by atoms with Gasteiger partial charge in [0, 0.05) is 12.6 Å². The first kappa shape index (κ1) is 14.0. The van der Waals surface area contributed by atoms with Crippen molar-refractivity contribution in [2.24, 2.45) is 0 Å². The summed E-state index contributed by atoms with van der Waals surface area (Å²) in [5, 5.41) is 12.4. The molecule has 0 aromatic heterocycles. The van der Waals surface area contributed by atoms with Crippen LogP contribution in [-0.2, 0) is 6.54 Å². The van der Waals surface area contributed by atoms with Gasteiger partial charge in [-0.25, -0.2) is 0 Å². The number of nitrogens with one attached hydrogen (secondary N) is 1. The quantitative estimate of drug-likeness (QED) is 0.765. The summed E-state index contributed by atoms with van der Waals surface area (Å²) in [7, 11) is 0. The van der Waals surface area contributed by atoms with E-state index in [2.05, 4.69) is 24.4 Å². The van der Waals surface area contributed by atoms with Crippen molar-refractivity contribution in [2.45, 2.75) is 45.9 Å². The predicted octanol–water partition coefficient (Wildman–Crippen LogP) is 2.33. The molecule has 17 heavy (non-hydrogen) atoms. The van der Waals surface area contributed by atoms with Crippen LogP contribution in [0.15, 0.2) is 24.3 Å². The zero-order valence-electron chi connectivity index (χ0n) is 10.9. The van der Waals surface area contributed by atoms with E-state index in [0.29, 0.717) is 0 Å². The minimum Gasteiger partial charge on any atom is -0.491 e. The molecule has 0 amide bonds. The summed E-state index contributed by atoms with van der Waals surface area (Å²) in [6.07, 6.45) is 1.14. The molecule has 1 rings (SSSR count). The van der Waals surface area contributed by atoms with Crippen molar-refractivity contribution < 1.29 is 9.84 Å². The molecule has 0 aliphatic rings. The fourth-order valence-electron chi connectivity index (χ4n) is 1.56. The number of aliphatic hydroxyl groups excluding tert-OH is 1. The number of benzene rings is 1. The first-order chi connectivity index (χ1) is 8.15. The lowest BCUT2D eigenvalue weighted by molar-refractivity contribution is 0.237. The van der Waals surface area contributed by atoms with Gasteiger partial charge in [-0.15, -0.1) is 0 Å². The first-order valence-electron chi connectivity index (χ1n) is 6.25. The fraction of sp³-hybridized carbons (Fsp3) is 0.571. The molecule has 0 bridgehead atoms. The first-order valence-corrected chi connectivity index (χ1v) is 6.25. The average molecular weight is 237 g/mol. The molecule has 0 unspecified atom stereocenters. The van der Waals surface area contributed by atoms with Crippen LogP contribution < -0.4 is 10.1 Å². The Balaban J connectivity index is 2.45. The highest BCUT2D eigenvalue weighted by Gasteiger charge is 2.03. The Morgan fingerprint density at radius 3 is 2.35 bits per heavy atom. The second-order valence-corrected chi connectivity index (χ2v) is 4.48. The molecular formula is C14H23NO2. The second kappa shape index (κ2) is 7.30. The Morgan fingerprint density at radius 2 is 1.88 bits per heavy atom. The average Bonchev–Trinajstić information content (AvgIpc) is 2.32.